The van der Waals surface area contributed by atoms with Crippen LogP contribution in [0.3, 0.4) is 0 Å². The van der Waals surface area contributed by atoms with Crippen LogP contribution in [0.4, 0.5) is 9.18 Å². The first-order valence-corrected chi connectivity index (χ1v) is 9.38. The fourth-order valence-electron chi connectivity index (χ4n) is 2.89. The van der Waals surface area contributed by atoms with Gasteiger partial charge in [-0.25, -0.2) is 17.6 Å². The Labute approximate surface area is 134 Å². The highest BCUT2D eigenvalue weighted by atomic mass is 32.2. The Balaban J connectivity index is 1.59. The van der Waals surface area contributed by atoms with E-state index in [2.05, 4.69) is 5.32 Å². The molecule has 0 saturated carbocycles. The zero-order chi connectivity index (χ0) is 16.4. The zero-order valence-electron chi connectivity index (χ0n) is 12.6. The van der Waals surface area contributed by atoms with Crippen molar-refractivity contribution in [2.45, 2.75) is 18.6 Å². The summed E-state index contributed by atoms with van der Waals surface area (Å²) in [7, 11) is -3.02. The van der Waals surface area contributed by atoms with Crippen molar-refractivity contribution in [3.63, 3.8) is 0 Å². The van der Waals surface area contributed by atoms with Crippen molar-refractivity contribution in [3.8, 4) is 0 Å². The molecule has 1 aromatic rings. The Morgan fingerprint density at radius 1 is 1.30 bits per heavy atom. The minimum atomic E-state index is -3.02. The molecule has 1 N–H and O–H groups in total. The Hall–Kier alpha value is -1.67. The van der Waals surface area contributed by atoms with Crippen LogP contribution < -0.4 is 5.32 Å². The van der Waals surface area contributed by atoms with Crippen LogP contribution in [0.1, 0.15) is 18.1 Å². The van der Waals surface area contributed by atoms with E-state index >= 15 is 0 Å². The summed E-state index contributed by atoms with van der Waals surface area (Å²) in [5.74, 6) is -0.189. The molecule has 126 valence electrons. The summed E-state index contributed by atoms with van der Waals surface area (Å²) in [5.41, 5.74) is 0.812. The largest absolute Gasteiger partial charge is 0.370 e. The fourth-order valence-corrected chi connectivity index (χ4v) is 4.56. The van der Waals surface area contributed by atoms with E-state index in [1.54, 1.807) is 17.0 Å². The highest BCUT2D eigenvalue weighted by Gasteiger charge is 2.31. The van der Waals surface area contributed by atoms with Gasteiger partial charge < -0.3 is 15.0 Å². The lowest BCUT2D eigenvalue weighted by molar-refractivity contribution is -0.0157. The van der Waals surface area contributed by atoms with E-state index in [1.165, 1.54) is 12.1 Å². The van der Waals surface area contributed by atoms with Crippen LogP contribution in [0, 0.1) is 5.82 Å². The van der Waals surface area contributed by atoms with Gasteiger partial charge >= 0.3 is 6.03 Å². The highest BCUT2D eigenvalue weighted by Crippen LogP contribution is 2.22. The molecule has 2 fully saturated rings. The summed E-state index contributed by atoms with van der Waals surface area (Å²) in [5, 5.41) is 2.78. The summed E-state index contributed by atoms with van der Waals surface area (Å²) in [6.45, 7) is 1.19. The van der Waals surface area contributed by atoms with Gasteiger partial charge in [-0.3, -0.25) is 0 Å². The molecule has 2 heterocycles. The number of sulfone groups is 1. The third-order valence-corrected chi connectivity index (χ3v) is 5.92. The summed E-state index contributed by atoms with van der Waals surface area (Å²) >= 11 is 0. The Morgan fingerprint density at radius 2 is 2.04 bits per heavy atom. The number of rotatable bonds is 2. The zero-order valence-corrected chi connectivity index (χ0v) is 13.4. The molecule has 2 saturated heterocycles. The Kier molecular flexibility index (Phi) is 4.54. The second kappa shape index (κ2) is 6.45. The predicted molar refractivity (Wildman–Crippen MR) is 82.3 cm³/mol. The molecule has 8 heteroatoms. The number of hydrogen-bond acceptors (Lipinski definition) is 4. The number of carbonyl (C=O) groups is 1. The van der Waals surface area contributed by atoms with Gasteiger partial charge in [-0.2, -0.15) is 0 Å². The van der Waals surface area contributed by atoms with Gasteiger partial charge in [0.25, 0.3) is 0 Å². The van der Waals surface area contributed by atoms with Gasteiger partial charge in [-0.1, -0.05) is 12.1 Å². The van der Waals surface area contributed by atoms with E-state index in [9.17, 15) is 17.6 Å². The smallest absolute Gasteiger partial charge is 0.317 e. The fraction of sp³-hybridized carbons (Fsp3) is 0.533. The average Bonchev–Trinajstić information content (AvgIpc) is 2.87. The van der Waals surface area contributed by atoms with Crippen LogP contribution in [0.15, 0.2) is 24.3 Å². The maximum Gasteiger partial charge on any atom is 0.317 e. The highest BCUT2D eigenvalue weighted by molar-refractivity contribution is 7.91. The topological polar surface area (TPSA) is 75.7 Å². The van der Waals surface area contributed by atoms with E-state index < -0.39 is 9.84 Å². The summed E-state index contributed by atoms with van der Waals surface area (Å²) in [4.78, 5) is 13.9. The number of morpholine rings is 1. The monoisotopic (exact) mass is 342 g/mol. The molecule has 0 unspecified atom stereocenters. The van der Waals surface area contributed by atoms with Crippen LogP contribution in [0.25, 0.3) is 0 Å². The maximum atomic E-state index is 13.0. The molecular formula is C15H19FN2O4S. The number of nitrogens with one attached hydrogen (secondary N) is 1. The molecule has 0 aromatic heterocycles. The SMILES string of the molecule is O=C(N[C@@H]1CCS(=O)(=O)C1)N1CCO[C@H](c2ccc(F)cc2)C1. The molecule has 2 atom stereocenters. The van der Waals surface area contributed by atoms with Gasteiger partial charge in [0.05, 0.1) is 24.7 Å². The van der Waals surface area contributed by atoms with E-state index in [-0.39, 0.29) is 35.5 Å². The van der Waals surface area contributed by atoms with Crippen molar-refractivity contribution < 1.29 is 22.3 Å². The number of hydrogen-bond donors (Lipinski definition) is 1. The van der Waals surface area contributed by atoms with E-state index in [4.69, 9.17) is 4.74 Å². The Bertz CT molecular complexity index is 677. The quantitative estimate of drug-likeness (QED) is 0.873. The van der Waals surface area contributed by atoms with Crippen molar-refractivity contribution in [2.75, 3.05) is 31.2 Å². The van der Waals surface area contributed by atoms with Gasteiger partial charge in [0, 0.05) is 12.6 Å². The molecular weight excluding hydrogens is 323 g/mol. The second-order valence-corrected chi connectivity index (χ2v) is 8.14. The molecule has 6 nitrogen and oxygen atoms in total. The number of ether oxygens (including phenoxy) is 1. The van der Waals surface area contributed by atoms with Gasteiger partial charge in [-0.15, -0.1) is 0 Å². The molecule has 0 radical (unpaired) electrons. The van der Waals surface area contributed by atoms with Crippen LogP contribution in [0.5, 0.6) is 0 Å². The first kappa shape index (κ1) is 16.2. The number of halogens is 1. The number of nitrogens with zero attached hydrogens (tertiary/aromatic N) is 1. The van der Waals surface area contributed by atoms with E-state index in [0.717, 1.165) is 5.56 Å². The molecule has 2 amide bonds. The van der Waals surface area contributed by atoms with Crippen molar-refractivity contribution in [1.82, 2.24) is 10.2 Å². The van der Waals surface area contributed by atoms with Gasteiger partial charge in [0.2, 0.25) is 0 Å². The van der Waals surface area contributed by atoms with E-state index in [1.807, 2.05) is 0 Å². The number of amides is 2. The molecule has 0 bridgehead atoms. The van der Waals surface area contributed by atoms with Crippen LogP contribution >= 0.6 is 0 Å². The van der Waals surface area contributed by atoms with Gasteiger partial charge in [-0.05, 0) is 24.1 Å². The van der Waals surface area contributed by atoms with Crippen molar-refractivity contribution >= 4 is 15.9 Å². The number of benzene rings is 1. The second-order valence-electron chi connectivity index (χ2n) is 5.91. The third kappa shape index (κ3) is 4.00. The maximum absolute atomic E-state index is 13.0. The molecule has 0 aliphatic carbocycles. The summed E-state index contributed by atoms with van der Waals surface area (Å²) in [6.07, 6.45) is 0.155. The van der Waals surface area contributed by atoms with Crippen LogP contribution in [0.2, 0.25) is 0 Å². The van der Waals surface area contributed by atoms with Gasteiger partial charge in [0.15, 0.2) is 9.84 Å². The molecule has 0 spiro atoms. The lowest BCUT2D eigenvalue weighted by atomic mass is 10.1. The lowest BCUT2D eigenvalue weighted by Crippen LogP contribution is -2.50. The first-order valence-electron chi connectivity index (χ1n) is 7.56. The molecule has 2 aliphatic heterocycles. The third-order valence-electron chi connectivity index (χ3n) is 4.16. The minimum Gasteiger partial charge on any atom is -0.370 e. The lowest BCUT2D eigenvalue weighted by Gasteiger charge is -2.33. The van der Waals surface area contributed by atoms with Crippen molar-refractivity contribution in [3.05, 3.63) is 35.6 Å². The number of carbonyl (C=O) groups excluding carboxylic acids is 1. The number of urea groups is 1. The predicted octanol–water partition coefficient (Wildman–Crippen LogP) is 1.10. The van der Waals surface area contributed by atoms with Crippen molar-refractivity contribution in [1.29, 1.82) is 0 Å². The van der Waals surface area contributed by atoms with Crippen LogP contribution in [-0.2, 0) is 14.6 Å². The molecule has 23 heavy (non-hydrogen) atoms. The molecule has 3 rings (SSSR count). The van der Waals surface area contributed by atoms with E-state index in [0.29, 0.717) is 26.1 Å². The summed E-state index contributed by atoms with van der Waals surface area (Å²) < 4.78 is 41.5. The summed E-state index contributed by atoms with van der Waals surface area (Å²) in [6, 6.07) is 5.42. The van der Waals surface area contributed by atoms with Crippen molar-refractivity contribution in [2.24, 2.45) is 0 Å². The molecule has 1 aromatic carbocycles. The minimum absolute atomic E-state index is 0.00444. The normalized spacial score (nSPS) is 26.9. The first-order chi connectivity index (χ1) is 10.9. The average molecular weight is 342 g/mol. The molecule has 2 aliphatic rings. The standard InChI is InChI=1S/C15H19FN2O4S/c16-12-3-1-11(2-4-12)14-9-18(6-7-22-14)15(19)17-13-5-8-23(20,21)10-13/h1-4,13-14H,5-10H2,(H,17,19)/t13-,14+/m1/s1. The van der Waals surface area contributed by atoms with Gasteiger partial charge in [0.1, 0.15) is 11.9 Å². The van der Waals surface area contributed by atoms with Crippen LogP contribution in [-0.4, -0.2) is 56.6 Å². The Morgan fingerprint density at radius 3 is 2.70 bits per heavy atom.